The molecule has 1 aromatic rings. The summed E-state index contributed by atoms with van der Waals surface area (Å²) in [7, 11) is 0. The summed E-state index contributed by atoms with van der Waals surface area (Å²) >= 11 is 12.0. The van der Waals surface area contributed by atoms with Crippen molar-refractivity contribution in [3.05, 3.63) is 27.7 Å². The fourth-order valence-electron chi connectivity index (χ4n) is 2.43. The molecule has 3 rings (SSSR count). The predicted octanol–water partition coefficient (Wildman–Crippen LogP) is 4.24. The zero-order chi connectivity index (χ0) is 10.5. The fraction of sp³-hybridized carbons (Fsp3) is 0.500. The second-order valence-corrected chi connectivity index (χ2v) is 5.33. The largest absolute Gasteiger partial charge is 0.487 e. The Labute approximate surface area is 99.3 Å². The van der Waals surface area contributed by atoms with Gasteiger partial charge in [-0.2, -0.15) is 0 Å². The highest BCUT2D eigenvalue weighted by Gasteiger charge is 2.41. The van der Waals surface area contributed by atoms with Crippen molar-refractivity contribution < 1.29 is 4.74 Å². The van der Waals surface area contributed by atoms with Crippen molar-refractivity contribution in [1.29, 1.82) is 0 Å². The third kappa shape index (κ3) is 1.53. The number of ether oxygens (including phenoxy) is 1. The van der Waals surface area contributed by atoms with Crippen LogP contribution in [0.3, 0.4) is 0 Å². The van der Waals surface area contributed by atoms with E-state index in [0.717, 1.165) is 18.6 Å². The number of hydrogen-bond donors (Lipinski definition) is 0. The van der Waals surface area contributed by atoms with E-state index in [4.69, 9.17) is 27.9 Å². The summed E-state index contributed by atoms with van der Waals surface area (Å²) in [5, 5.41) is 1.22. The van der Waals surface area contributed by atoms with Gasteiger partial charge in [0.1, 0.15) is 11.4 Å². The molecule has 1 nitrogen and oxygen atoms in total. The Morgan fingerprint density at radius 3 is 2.47 bits per heavy atom. The molecule has 0 aromatic heterocycles. The minimum atomic E-state index is 0.129. The fourth-order valence-corrected chi connectivity index (χ4v) is 2.77. The maximum atomic E-state index is 6.05. The molecular formula is C12H12Cl2O. The van der Waals surface area contributed by atoms with Crippen LogP contribution in [0, 0.1) is 0 Å². The molecule has 0 radical (unpaired) electrons. The summed E-state index contributed by atoms with van der Waals surface area (Å²) in [6.45, 7) is 0. The van der Waals surface area contributed by atoms with Crippen molar-refractivity contribution in [1.82, 2.24) is 0 Å². The standard InChI is InChI=1S/C12H12Cl2O/c13-9-6-8-2-5-12(3-1-4-12)15-11(8)7-10(9)14/h6-7H,1-5H2. The Morgan fingerprint density at radius 2 is 1.80 bits per heavy atom. The first-order chi connectivity index (χ1) is 7.19. The van der Waals surface area contributed by atoms with Crippen LogP contribution in [-0.4, -0.2) is 5.60 Å². The molecule has 0 amide bonds. The molecule has 1 saturated carbocycles. The predicted molar refractivity (Wildman–Crippen MR) is 62.0 cm³/mol. The van der Waals surface area contributed by atoms with Crippen molar-refractivity contribution in [2.75, 3.05) is 0 Å². The van der Waals surface area contributed by atoms with E-state index >= 15 is 0 Å². The van der Waals surface area contributed by atoms with Crippen LogP contribution in [0.5, 0.6) is 5.75 Å². The smallest absolute Gasteiger partial charge is 0.124 e. The molecule has 0 N–H and O–H groups in total. The Kier molecular flexibility index (Phi) is 2.15. The van der Waals surface area contributed by atoms with E-state index in [-0.39, 0.29) is 5.60 Å². The molecule has 0 atom stereocenters. The van der Waals surface area contributed by atoms with Crippen LogP contribution in [0.1, 0.15) is 31.2 Å². The molecule has 0 saturated heterocycles. The monoisotopic (exact) mass is 242 g/mol. The Hall–Kier alpha value is -0.400. The van der Waals surface area contributed by atoms with Gasteiger partial charge < -0.3 is 4.74 Å². The molecule has 0 unspecified atom stereocenters. The third-order valence-corrected chi connectivity index (χ3v) is 4.27. The van der Waals surface area contributed by atoms with Crippen LogP contribution >= 0.6 is 23.2 Å². The van der Waals surface area contributed by atoms with Gasteiger partial charge in [-0.05, 0) is 43.7 Å². The Bertz CT molecular complexity index is 410. The Morgan fingerprint density at radius 1 is 1.07 bits per heavy atom. The lowest BCUT2D eigenvalue weighted by Crippen LogP contribution is -2.45. The topological polar surface area (TPSA) is 9.23 Å². The summed E-state index contributed by atoms with van der Waals surface area (Å²) < 4.78 is 6.05. The van der Waals surface area contributed by atoms with Crippen LogP contribution in [0.4, 0.5) is 0 Å². The number of halogens is 2. The van der Waals surface area contributed by atoms with Gasteiger partial charge in [0.2, 0.25) is 0 Å². The van der Waals surface area contributed by atoms with Gasteiger partial charge in [0.05, 0.1) is 10.0 Å². The van der Waals surface area contributed by atoms with Gasteiger partial charge in [-0.25, -0.2) is 0 Å². The second-order valence-electron chi connectivity index (χ2n) is 4.51. The highest BCUT2D eigenvalue weighted by Crippen LogP contribution is 2.46. The first-order valence-electron chi connectivity index (χ1n) is 5.36. The number of rotatable bonds is 0. The van der Waals surface area contributed by atoms with Crippen molar-refractivity contribution in [3.8, 4) is 5.75 Å². The minimum Gasteiger partial charge on any atom is -0.487 e. The van der Waals surface area contributed by atoms with Gasteiger partial charge in [-0.3, -0.25) is 0 Å². The van der Waals surface area contributed by atoms with Crippen LogP contribution in [0.15, 0.2) is 12.1 Å². The molecule has 0 bridgehead atoms. The first-order valence-corrected chi connectivity index (χ1v) is 6.11. The maximum absolute atomic E-state index is 6.05. The van der Waals surface area contributed by atoms with Crippen LogP contribution in [0.2, 0.25) is 10.0 Å². The zero-order valence-corrected chi connectivity index (χ0v) is 9.87. The quantitative estimate of drug-likeness (QED) is 0.662. The summed E-state index contributed by atoms with van der Waals surface area (Å²) in [6.07, 6.45) is 5.85. The van der Waals surface area contributed by atoms with Crippen molar-refractivity contribution >= 4 is 23.2 Å². The highest BCUT2D eigenvalue weighted by atomic mass is 35.5. The summed E-state index contributed by atoms with van der Waals surface area (Å²) in [6, 6.07) is 3.79. The van der Waals surface area contributed by atoms with Gasteiger partial charge in [0, 0.05) is 6.07 Å². The molecule has 1 spiro atoms. The van der Waals surface area contributed by atoms with Crippen molar-refractivity contribution in [3.63, 3.8) is 0 Å². The molecule has 1 heterocycles. The van der Waals surface area contributed by atoms with E-state index in [9.17, 15) is 0 Å². The molecule has 3 heteroatoms. The summed E-state index contributed by atoms with van der Waals surface area (Å²) in [5.74, 6) is 0.940. The number of hydrogen-bond acceptors (Lipinski definition) is 1. The van der Waals surface area contributed by atoms with Gasteiger partial charge in [-0.15, -0.1) is 0 Å². The number of aryl methyl sites for hydroxylation is 1. The van der Waals surface area contributed by atoms with Crippen molar-refractivity contribution in [2.45, 2.75) is 37.7 Å². The average molecular weight is 243 g/mol. The van der Waals surface area contributed by atoms with Crippen molar-refractivity contribution in [2.24, 2.45) is 0 Å². The number of benzene rings is 1. The maximum Gasteiger partial charge on any atom is 0.124 e. The summed E-state index contributed by atoms with van der Waals surface area (Å²) in [5.41, 5.74) is 1.33. The van der Waals surface area contributed by atoms with Gasteiger partial charge in [-0.1, -0.05) is 23.2 Å². The molecular weight excluding hydrogens is 231 g/mol. The van der Waals surface area contributed by atoms with E-state index in [1.807, 2.05) is 12.1 Å². The van der Waals surface area contributed by atoms with E-state index < -0.39 is 0 Å². The molecule has 80 valence electrons. The van der Waals surface area contributed by atoms with Crippen LogP contribution in [-0.2, 0) is 6.42 Å². The lowest BCUT2D eigenvalue weighted by molar-refractivity contribution is -0.0249. The van der Waals surface area contributed by atoms with Gasteiger partial charge in [0.15, 0.2) is 0 Å². The molecule has 2 aliphatic rings. The molecule has 1 fully saturated rings. The lowest BCUT2D eigenvalue weighted by atomic mass is 9.74. The normalized spacial score (nSPS) is 21.7. The molecule has 15 heavy (non-hydrogen) atoms. The van der Waals surface area contributed by atoms with E-state index in [1.165, 1.54) is 24.8 Å². The lowest BCUT2D eigenvalue weighted by Gasteiger charge is -2.45. The van der Waals surface area contributed by atoms with Gasteiger partial charge >= 0.3 is 0 Å². The van der Waals surface area contributed by atoms with E-state index in [2.05, 4.69) is 0 Å². The van der Waals surface area contributed by atoms with Crippen LogP contribution < -0.4 is 4.74 Å². The van der Waals surface area contributed by atoms with E-state index in [0.29, 0.717) is 10.0 Å². The van der Waals surface area contributed by atoms with Crippen LogP contribution in [0.25, 0.3) is 0 Å². The molecule has 1 aromatic carbocycles. The third-order valence-electron chi connectivity index (χ3n) is 3.54. The Balaban J connectivity index is 1.98. The second kappa shape index (κ2) is 3.29. The zero-order valence-electron chi connectivity index (χ0n) is 8.35. The molecule has 1 aliphatic heterocycles. The number of fused-ring (bicyclic) bond motifs is 1. The minimum absolute atomic E-state index is 0.129. The van der Waals surface area contributed by atoms with Gasteiger partial charge in [0.25, 0.3) is 0 Å². The summed E-state index contributed by atoms with van der Waals surface area (Å²) in [4.78, 5) is 0. The highest BCUT2D eigenvalue weighted by molar-refractivity contribution is 6.42. The SMILES string of the molecule is Clc1cc2c(cc1Cl)OC1(CCC1)CC2. The average Bonchev–Trinajstić information content (AvgIpc) is 2.17. The van der Waals surface area contributed by atoms with E-state index in [1.54, 1.807) is 0 Å². The molecule has 1 aliphatic carbocycles. The first kappa shape index (κ1) is 9.80.